The number of esters is 1. The van der Waals surface area contributed by atoms with Crippen molar-refractivity contribution >= 4 is 50.9 Å². The standard InChI is InChI=1S/C28H23BrFN3O4S/c1-4-36-27(35)22-23(16-8-6-5-7-9-16)31-28-33(24(22)17-10-12-18(30)13-11-17)25(34)21(38-28)15-19-14-20(29)26(37-19)32(2)3/h5-15,24H,4H2,1-3H3/b21-15+/t24-/m0/s1. The lowest BCUT2D eigenvalue weighted by Gasteiger charge is -2.25. The molecule has 0 spiro atoms. The molecule has 0 radical (unpaired) electrons. The molecule has 38 heavy (non-hydrogen) atoms. The van der Waals surface area contributed by atoms with E-state index in [1.807, 2.05) is 49.3 Å². The van der Waals surface area contributed by atoms with Crippen molar-refractivity contribution in [1.29, 1.82) is 0 Å². The lowest BCUT2D eigenvalue weighted by atomic mass is 9.93. The van der Waals surface area contributed by atoms with Gasteiger partial charge in [-0.05, 0) is 40.5 Å². The van der Waals surface area contributed by atoms with Gasteiger partial charge in [0, 0.05) is 31.8 Å². The molecule has 5 rings (SSSR count). The van der Waals surface area contributed by atoms with Crippen LogP contribution in [0.2, 0.25) is 0 Å². The molecule has 1 aliphatic rings. The number of furan rings is 1. The molecule has 0 unspecified atom stereocenters. The maximum Gasteiger partial charge on any atom is 0.338 e. The number of hydrogen-bond acceptors (Lipinski definition) is 7. The van der Waals surface area contributed by atoms with Crippen LogP contribution in [0.25, 0.3) is 11.8 Å². The minimum atomic E-state index is -0.871. The number of anilines is 1. The number of carbonyl (C=O) groups is 1. The summed E-state index contributed by atoms with van der Waals surface area (Å²) >= 11 is 4.67. The first-order valence-corrected chi connectivity index (χ1v) is 13.4. The Bertz CT molecular complexity index is 1720. The fraction of sp³-hybridized carbons (Fsp3) is 0.179. The van der Waals surface area contributed by atoms with Gasteiger partial charge in [-0.15, -0.1) is 0 Å². The molecule has 194 valence electrons. The van der Waals surface area contributed by atoms with E-state index in [-0.39, 0.29) is 17.7 Å². The highest BCUT2D eigenvalue weighted by molar-refractivity contribution is 9.10. The number of nitrogens with zero attached hydrogens (tertiary/aromatic N) is 3. The highest BCUT2D eigenvalue weighted by Crippen LogP contribution is 2.35. The molecule has 0 fully saturated rings. The van der Waals surface area contributed by atoms with Crippen molar-refractivity contribution in [2.24, 2.45) is 4.99 Å². The van der Waals surface area contributed by atoms with Crippen LogP contribution in [0.1, 0.15) is 29.9 Å². The second-order valence-corrected chi connectivity index (χ2v) is 10.5. The smallest absolute Gasteiger partial charge is 0.338 e. The summed E-state index contributed by atoms with van der Waals surface area (Å²) < 4.78 is 27.8. The number of hydrogen-bond donors (Lipinski definition) is 0. The van der Waals surface area contributed by atoms with Crippen LogP contribution in [0.15, 0.2) is 84.9 Å². The zero-order valence-electron chi connectivity index (χ0n) is 20.8. The van der Waals surface area contributed by atoms with E-state index in [4.69, 9.17) is 14.1 Å². The van der Waals surface area contributed by atoms with Gasteiger partial charge in [0.1, 0.15) is 11.6 Å². The van der Waals surface area contributed by atoms with E-state index in [9.17, 15) is 14.0 Å². The number of fused-ring (bicyclic) bond motifs is 1. The van der Waals surface area contributed by atoms with Crippen molar-refractivity contribution in [1.82, 2.24) is 4.57 Å². The Hall–Kier alpha value is -3.76. The van der Waals surface area contributed by atoms with Crippen LogP contribution >= 0.6 is 27.3 Å². The van der Waals surface area contributed by atoms with E-state index in [2.05, 4.69) is 15.9 Å². The van der Waals surface area contributed by atoms with Crippen LogP contribution in [-0.2, 0) is 9.53 Å². The summed E-state index contributed by atoms with van der Waals surface area (Å²) in [7, 11) is 3.71. The van der Waals surface area contributed by atoms with Gasteiger partial charge in [-0.2, -0.15) is 0 Å². The molecule has 2 aromatic heterocycles. The summed E-state index contributed by atoms with van der Waals surface area (Å²) in [4.78, 5) is 34.2. The Morgan fingerprint density at radius 3 is 2.55 bits per heavy atom. The molecule has 10 heteroatoms. The quantitative estimate of drug-likeness (QED) is 0.307. The van der Waals surface area contributed by atoms with Crippen molar-refractivity contribution in [2.45, 2.75) is 13.0 Å². The molecule has 0 aliphatic carbocycles. The fourth-order valence-corrected chi connectivity index (χ4v) is 5.92. The van der Waals surface area contributed by atoms with E-state index >= 15 is 0 Å². The monoisotopic (exact) mass is 595 g/mol. The molecule has 0 amide bonds. The molecule has 4 aromatic rings. The van der Waals surface area contributed by atoms with Crippen LogP contribution in [0.5, 0.6) is 0 Å². The Kier molecular flexibility index (Phi) is 7.18. The normalized spacial score (nSPS) is 15.3. The number of thiazole rings is 1. The third-order valence-electron chi connectivity index (χ3n) is 5.93. The number of ether oxygens (including phenoxy) is 1. The SMILES string of the molecule is CCOC(=O)C1=C(c2ccccc2)N=c2s/c(=C/c3cc(Br)c(N(C)C)o3)c(=O)n2[C@H]1c1ccc(F)cc1. The van der Waals surface area contributed by atoms with Crippen molar-refractivity contribution in [3.8, 4) is 0 Å². The minimum Gasteiger partial charge on any atom is -0.463 e. The number of halogens is 2. The van der Waals surface area contributed by atoms with Crippen molar-refractivity contribution in [3.63, 3.8) is 0 Å². The average molecular weight is 596 g/mol. The number of aromatic nitrogens is 1. The van der Waals surface area contributed by atoms with E-state index in [0.717, 1.165) is 4.47 Å². The van der Waals surface area contributed by atoms with Gasteiger partial charge in [0.2, 0.25) is 5.88 Å². The van der Waals surface area contributed by atoms with Crippen LogP contribution in [-0.4, -0.2) is 31.2 Å². The predicted molar refractivity (Wildman–Crippen MR) is 148 cm³/mol. The van der Waals surface area contributed by atoms with Gasteiger partial charge < -0.3 is 14.1 Å². The fourth-order valence-electron chi connectivity index (χ4n) is 4.28. The van der Waals surface area contributed by atoms with E-state index in [0.29, 0.717) is 37.8 Å². The third-order valence-corrected chi connectivity index (χ3v) is 7.48. The van der Waals surface area contributed by atoms with Gasteiger partial charge in [-0.1, -0.05) is 53.8 Å². The highest BCUT2D eigenvalue weighted by atomic mass is 79.9. The first kappa shape index (κ1) is 25.9. The summed E-state index contributed by atoms with van der Waals surface area (Å²) in [6, 6.07) is 15.9. The molecule has 0 saturated heterocycles. The average Bonchev–Trinajstić information content (AvgIpc) is 3.43. The second-order valence-electron chi connectivity index (χ2n) is 8.68. The van der Waals surface area contributed by atoms with E-state index < -0.39 is 17.8 Å². The van der Waals surface area contributed by atoms with Crippen molar-refractivity contribution < 1.29 is 18.3 Å². The van der Waals surface area contributed by atoms with Gasteiger partial charge in [-0.25, -0.2) is 14.2 Å². The first-order valence-electron chi connectivity index (χ1n) is 11.8. The molecule has 3 heterocycles. The maximum absolute atomic E-state index is 13.9. The maximum atomic E-state index is 13.9. The van der Waals surface area contributed by atoms with Gasteiger partial charge in [0.25, 0.3) is 5.56 Å². The minimum absolute atomic E-state index is 0.145. The van der Waals surface area contributed by atoms with Crippen LogP contribution in [0.4, 0.5) is 10.3 Å². The highest BCUT2D eigenvalue weighted by Gasteiger charge is 2.35. The summed E-state index contributed by atoms with van der Waals surface area (Å²) in [6.07, 6.45) is 1.65. The molecule has 0 N–H and O–H groups in total. The number of carbonyl (C=O) groups excluding carboxylic acids is 1. The van der Waals surface area contributed by atoms with Crippen molar-refractivity contribution in [3.05, 3.63) is 113 Å². The molecular weight excluding hydrogens is 573 g/mol. The van der Waals surface area contributed by atoms with Crippen LogP contribution in [0.3, 0.4) is 0 Å². The Balaban J connectivity index is 1.80. The molecule has 2 aromatic carbocycles. The third kappa shape index (κ3) is 4.77. The Labute approximate surface area is 229 Å². The first-order chi connectivity index (χ1) is 18.3. The molecule has 7 nitrogen and oxygen atoms in total. The molecule has 1 aliphatic heterocycles. The zero-order chi connectivity index (χ0) is 27.0. The van der Waals surface area contributed by atoms with Crippen molar-refractivity contribution in [2.75, 3.05) is 25.6 Å². The second kappa shape index (κ2) is 10.5. The molecule has 0 saturated carbocycles. The lowest BCUT2D eigenvalue weighted by Crippen LogP contribution is -2.40. The molecule has 1 atom stereocenters. The molecular formula is C28H23BrFN3O4S. The summed E-state index contributed by atoms with van der Waals surface area (Å²) in [5.41, 5.74) is 1.52. The Morgan fingerprint density at radius 2 is 1.92 bits per heavy atom. The van der Waals surface area contributed by atoms with Gasteiger partial charge >= 0.3 is 5.97 Å². The Morgan fingerprint density at radius 1 is 1.21 bits per heavy atom. The van der Waals surface area contributed by atoms with E-state index in [1.54, 1.807) is 31.2 Å². The summed E-state index contributed by atoms with van der Waals surface area (Å²) in [5, 5.41) is 0. The topological polar surface area (TPSA) is 77.0 Å². The summed E-state index contributed by atoms with van der Waals surface area (Å²) in [6.45, 7) is 1.86. The van der Waals surface area contributed by atoms with Gasteiger partial charge in [0.15, 0.2) is 4.80 Å². The lowest BCUT2D eigenvalue weighted by molar-refractivity contribution is -0.138. The van der Waals surface area contributed by atoms with E-state index in [1.165, 1.54) is 28.0 Å². The number of rotatable bonds is 6. The van der Waals surface area contributed by atoms with Gasteiger partial charge in [-0.3, -0.25) is 9.36 Å². The number of benzene rings is 2. The molecule has 0 bridgehead atoms. The predicted octanol–water partition coefficient (Wildman–Crippen LogP) is 4.50. The van der Waals surface area contributed by atoms with Crippen LogP contribution < -0.4 is 19.8 Å². The summed E-state index contributed by atoms with van der Waals surface area (Å²) in [5.74, 6) is 0.0803. The van der Waals surface area contributed by atoms with Crippen LogP contribution in [0, 0.1) is 5.82 Å². The zero-order valence-corrected chi connectivity index (χ0v) is 23.2. The largest absolute Gasteiger partial charge is 0.463 e. The van der Waals surface area contributed by atoms with Gasteiger partial charge in [0.05, 0.1) is 32.9 Å².